The first kappa shape index (κ1) is 14.2. The number of hydrogen-bond acceptors (Lipinski definition) is 5. The second-order valence-electron chi connectivity index (χ2n) is 5.24. The minimum Gasteiger partial charge on any atom is -0.368 e. The molecule has 6 nitrogen and oxygen atoms in total. The molecular formula is C16H16N4O2. The van der Waals surface area contributed by atoms with Crippen molar-refractivity contribution < 1.29 is 9.59 Å². The van der Waals surface area contributed by atoms with Gasteiger partial charge in [-0.25, -0.2) is 9.97 Å². The minimum atomic E-state index is -0.0548. The van der Waals surface area contributed by atoms with Gasteiger partial charge in [0.2, 0.25) is 11.9 Å². The number of amides is 1. The van der Waals surface area contributed by atoms with Gasteiger partial charge in [-0.2, -0.15) is 0 Å². The van der Waals surface area contributed by atoms with Crippen LogP contribution < -0.4 is 5.73 Å². The molecule has 0 saturated heterocycles. The van der Waals surface area contributed by atoms with Crippen LogP contribution in [0, 0.1) is 0 Å². The van der Waals surface area contributed by atoms with Crippen LogP contribution in [0.1, 0.15) is 34.5 Å². The summed E-state index contributed by atoms with van der Waals surface area (Å²) in [7, 11) is 0. The van der Waals surface area contributed by atoms with Gasteiger partial charge < -0.3 is 10.6 Å². The van der Waals surface area contributed by atoms with Gasteiger partial charge in [0.05, 0.1) is 12.2 Å². The van der Waals surface area contributed by atoms with E-state index in [0.717, 1.165) is 11.3 Å². The zero-order valence-corrected chi connectivity index (χ0v) is 12.0. The van der Waals surface area contributed by atoms with Crippen LogP contribution >= 0.6 is 0 Å². The second kappa shape index (κ2) is 5.93. The van der Waals surface area contributed by atoms with Crippen LogP contribution in [0.4, 0.5) is 5.95 Å². The maximum atomic E-state index is 12.2. The smallest absolute Gasteiger partial charge is 0.223 e. The summed E-state index contributed by atoms with van der Waals surface area (Å²) in [5.74, 6) is 0.142. The number of fused-ring (bicyclic) bond motifs is 1. The van der Waals surface area contributed by atoms with E-state index in [-0.39, 0.29) is 30.5 Å². The number of Topliss-reactive ketones (excluding diaryl/α,β-unsaturated/α-hetero) is 1. The first-order chi connectivity index (χ1) is 10.6. The number of carbonyl (C=O) groups excluding carboxylic acids is 2. The van der Waals surface area contributed by atoms with E-state index in [1.165, 1.54) is 0 Å². The SMILES string of the molecule is Nc1ncc2c(n1)CN(C(=O)CCC(=O)c1ccccc1)C2. The van der Waals surface area contributed by atoms with E-state index in [9.17, 15) is 9.59 Å². The maximum Gasteiger partial charge on any atom is 0.223 e. The summed E-state index contributed by atoms with van der Waals surface area (Å²) >= 11 is 0. The highest BCUT2D eigenvalue weighted by Crippen LogP contribution is 2.21. The Morgan fingerprint density at radius 1 is 1.14 bits per heavy atom. The molecular weight excluding hydrogens is 280 g/mol. The average Bonchev–Trinajstić information content (AvgIpc) is 2.96. The number of ketones is 1. The zero-order chi connectivity index (χ0) is 15.5. The number of benzene rings is 1. The van der Waals surface area contributed by atoms with Gasteiger partial charge in [-0.15, -0.1) is 0 Å². The molecule has 22 heavy (non-hydrogen) atoms. The van der Waals surface area contributed by atoms with Crippen LogP contribution in [0.5, 0.6) is 0 Å². The summed E-state index contributed by atoms with van der Waals surface area (Å²) < 4.78 is 0. The zero-order valence-electron chi connectivity index (χ0n) is 12.0. The standard InChI is InChI=1S/C16H16N4O2/c17-16-18-8-12-9-20(10-13(12)19-16)15(22)7-6-14(21)11-4-2-1-3-5-11/h1-5,8H,6-7,9-10H2,(H2,17,18,19). The van der Waals surface area contributed by atoms with Gasteiger partial charge in [-0.05, 0) is 0 Å². The van der Waals surface area contributed by atoms with E-state index in [4.69, 9.17) is 5.73 Å². The van der Waals surface area contributed by atoms with Gasteiger partial charge in [0.25, 0.3) is 0 Å². The van der Waals surface area contributed by atoms with Crippen molar-refractivity contribution in [1.29, 1.82) is 0 Å². The number of hydrogen-bond donors (Lipinski definition) is 1. The molecule has 2 N–H and O–H groups in total. The fourth-order valence-electron chi connectivity index (χ4n) is 2.49. The van der Waals surface area contributed by atoms with E-state index in [0.29, 0.717) is 18.7 Å². The molecule has 1 aliphatic heterocycles. The lowest BCUT2D eigenvalue weighted by Gasteiger charge is -2.14. The Labute approximate surface area is 128 Å². The number of carbonyl (C=O) groups is 2. The van der Waals surface area contributed by atoms with Gasteiger partial charge in [0.15, 0.2) is 5.78 Å². The molecule has 0 unspecified atom stereocenters. The fourth-order valence-corrected chi connectivity index (χ4v) is 2.49. The predicted molar refractivity (Wildman–Crippen MR) is 80.7 cm³/mol. The molecule has 0 atom stereocenters. The number of aromatic nitrogens is 2. The second-order valence-corrected chi connectivity index (χ2v) is 5.24. The third kappa shape index (κ3) is 2.95. The predicted octanol–water partition coefficient (Wildman–Crippen LogP) is 1.56. The summed E-state index contributed by atoms with van der Waals surface area (Å²) in [4.78, 5) is 34.0. The lowest BCUT2D eigenvalue weighted by Crippen LogP contribution is -2.25. The minimum absolute atomic E-state index is 0.0188. The van der Waals surface area contributed by atoms with E-state index in [1.54, 1.807) is 23.2 Å². The Balaban J connectivity index is 1.57. The topological polar surface area (TPSA) is 89.2 Å². The van der Waals surface area contributed by atoms with Gasteiger partial charge >= 0.3 is 0 Å². The van der Waals surface area contributed by atoms with E-state index in [2.05, 4.69) is 9.97 Å². The van der Waals surface area contributed by atoms with Crippen molar-refractivity contribution in [3.8, 4) is 0 Å². The Morgan fingerprint density at radius 3 is 2.68 bits per heavy atom. The highest BCUT2D eigenvalue weighted by molar-refractivity contribution is 5.97. The van der Waals surface area contributed by atoms with Crippen molar-refractivity contribution in [3.63, 3.8) is 0 Å². The molecule has 2 aromatic rings. The lowest BCUT2D eigenvalue weighted by atomic mass is 10.1. The monoisotopic (exact) mass is 296 g/mol. The normalized spacial score (nSPS) is 13.0. The van der Waals surface area contributed by atoms with Crippen molar-refractivity contribution in [1.82, 2.24) is 14.9 Å². The molecule has 3 rings (SSSR count). The largest absolute Gasteiger partial charge is 0.368 e. The van der Waals surface area contributed by atoms with Gasteiger partial charge in [-0.1, -0.05) is 30.3 Å². The molecule has 6 heteroatoms. The average molecular weight is 296 g/mol. The van der Waals surface area contributed by atoms with Crippen molar-refractivity contribution >= 4 is 17.6 Å². The molecule has 1 aliphatic rings. The third-order valence-electron chi connectivity index (χ3n) is 3.69. The van der Waals surface area contributed by atoms with E-state index in [1.807, 2.05) is 18.2 Å². The molecule has 1 aromatic heterocycles. The van der Waals surface area contributed by atoms with E-state index >= 15 is 0 Å². The first-order valence-electron chi connectivity index (χ1n) is 7.10. The summed E-state index contributed by atoms with van der Waals surface area (Å²) in [5, 5.41) is 0. The molecule has 0 radical (unpaired) electrons. The quantitative estimate of drug-likeness (QED) is 0.865. The van der Waals surface area contributed by atoms with Crippen LogP contribution in [0.15, 0.2) is 36.5 Å². The highest BCUT2D eigenvalue weighted by Gasteiger charge is 2.25. The van der Waals surface area contributed by atoms with Crippen LogP contribution in [0.3, 0.4) is 0 Å². The summed E-state index contributed by atoms with van der Waals surface area (Å²) in [6.45, 7) is 0.911. The Bertz CT molecular complexity index is 715. The van der Waals surface area contributed by atoms with Crippen molar-refractivity contribution in [2.24, 2.45) is 0 Å². The van der Waals surface area contributed by atoms with E-state index < -0.39 is 0 Å². The molecule has 1 aromatic carbocycles. The number of rotatable bonds is 4. The molecule has 0 bridgehead atoms. The van der Waals surface area contributed by atoms with Crippen LogP contribution in [0.2, 0.25) is 0 Å². The molecule has 0 saturated carbocycles. The summed E-state index contributed by atoms with van der Waals surface area (Å²) in [5.41, 5.74) is 7.88. The van der Waals surface area contributed by atoms with Gasteiger partial charge in [0, 0.05) is 36.7 Å². The van der Waals surface area contributed by atoms with Crippen molar-refractivity contribution in [3.05, 3.63) is 53.3 Å². The molecule has 112 valence electrons. The Hall–Kier alpha value is -2.76. The van der Waals surface area contributed by atoms with Crippen LogP contribution in [-0.2, 0) is 17.9 Å². The lowest BCUT2D eigenvalue weighted by molar-refractivity contribution is -0.131. The first-order valence-corrected chi connectivity index (χ1v) is 7.10. The van der Waals surface area contributed by atoms with Crippen LogP contribution in [0.25, 0.3) is 0 Å². The van der Waals surface area contributed by atoms with Gasteiger partial charge in [-0.3, -0.25) is 9.59 Å². The maximum absolute atomic E-state index is 12.2. The highest BCUT2D eigenvalue weighted by atomic mass is 16.2. The molecule has 0 fully saturated rings. The van der Waals surface area contributed by atoms with Gasteiger partial charge in [0.1, 0.15) is 0 Å². The third-order valence-corrected chi connectivity index (χ3v) is 3.69. The van der Waals surface area contributed by atoms with Crippen molar-refractivity contribution in [2.75, 3.05) is 5.73 Å². The number of nitrogens with two attached hydrogens (primary N) is 1. The Morgan fingerprint density at radius 2 is 1.91 bits per heavy atom. The fraction of sp³-hybridized carbons (Fsp3) is 0.250. The van der Waals surface area contributed by atoms with Crippen LogP contribution in [-0.4, -0.2) is 26.6 Å². The molecule has 0 aliphatic carbocycles. The molecule has 0 spiro atoms. The summed E-state index contributed by atoms with van der Waals surface area (Å²) in [6, 6.07) is 9.01. The molecule has 1 amide bonds. The number of nitrogens with zero attached hydrogens (tertiary/aromatic N) is 3. The summed E-state index contributed by atoms with van der Waals surface area (Å²) in [6.07, 6.45) is 2.06. The van der Waals surface area contributed by atoms with Crippen molar-refractivity contribution in [2.45, 2.75) is 25.9 Å². The number of anilines is 1. The Kier molecular flexibility index (Phi) is 3.82. The molecule has 2 heterocycles. The number of nitrogen functional groups attached to an aromatic ring is 1.